The summed E-state index contributed by atoms with van der Waals surface area (Å²) in [6, 6.07) is 18.5. The number of amides is 2. The Kier molecular flexibility index (Phi) is 6.67. The van der Waals surface area contributed by atoms with Crippen LogP contribution >= 0.6 is 11.8 Å². The van der Waals surface area contributed by atoms with Crippen LogP contribution in [0.3, 0.4) is 0 Å². The maximum Gasteiger partial charge on any atom is 0.255 e. The number of carbonyl (C=O) groups excluding carboxylic acids is 2. The number of anilines is 2. The van der Waals surface area contributed by atoms with Crippen molar-refractivity contribution in [1.29, 1.82) is 0 Å². The summed E-state index contributed by atoms with van der Waals surface area (Å²) in [7, 11) is 0. The fourth-order valence-corrected chi connectivity index (χ4v) is 3.43. The quantitative estimate of drug-likeness (QED) is 0.535. The van der Waals surface area contributed by atoms with E-state index < -0.39 is 0 Å². The van der Waals surface area contributed by atoms with Gasteiger partial charge in [0.15, 0.2) is 0 Å². The van der Waals surface area contributed by atoms with Gasteiger partial charge in [-0.25, -0.2) is 4.39 Å². The molecule has 0 atom stereocenters. The summed E-state index contributed by atoms with van der Waals surface area (Å²) in [6.07, 6.45) is 0. The molecule has 3 rings (SSSR count). The molecule has 2 amide bonds. The van der Waals surface area contributed by atoms with Gasteiger partial charge >= 0.3 is 0 Å². The number of halogens is 1. The van der Waals surface area contributed by atoms with E-state index in [0.717, 1.165) is 21.7 Å². The highest BCUT2D eigenvalue weighted by molar-refractivity contribution is 8.00. The zero-order chi connectivity index (χ0) is 20.8. The van der Waals surface area contributed by atoms with Crippen molar-refractivity contribution in [2.24, 2.45) is 0 Å². The Morgan fingerprint density at radius 2 is 1.59 bits per heavy atom. The van der Waals surface area contributed by atoms with Crippen LogP contribution < -0.4 is 10.6 Å². The molecular formula is C23H21FN2O2S. The molecular weight excluding hydrogens is 387 g/mol. The van der Waals surface area contributed by atoms with Crippen LogP contribution in [0.25, 0.3) is 0 Å². The van der Waals surface area contributed by atoms with Gasteiger partial charge in [-0.05, 0) is 74.0 Å². The summed E-state index contributed by atoms with van der Waals surface area (Å²) in [5.41, 5.74) is 4.02. The van der Waals surface area contributed by atoms with E-state index in [0.29, 0.717) is 11.3 Å². The summed E-state index contributed by atoms with van der Waals surface area (Å²) < 4.78 is 12.9. The summed E-state index contributed by atoms with van der Waals surface area (Å²) in [5.74, 6) is -0.479. The first-order valence-corrected chi connectivity index (χ1v) is 10.1. The third-order valence-electron chi connectivity index (χ3n) is 4.24. The molecule has 0 fully saturated rings. The Morgan fingerprint density at radius 1 is 0.897 bits per heavy atom. The number of aryl methyl sites for hydroxylation is 2. The minimum absolute atomic E-state index is 0.0735. The van der Waals surface area contributed by atoms with Gasteiger partial charge in [0.25, 0.3) is 5.91 Å². The smallest absolute Gasteiger partial charge is 0.255 e. The van der Waals surface area contributed by atoms with Crippen LogP contribution in [-0.4, -0.2) is 17.6 Å². The lowest BCUT2D eigenvalue weighted by molar-refractivity contribution is -0.113. The van der Waals surface area contributed by atoms with Gasteiger partial charge in [-0.1, -0.05) is 17.7 Å². The van der Waals surface area contributed by atoms with Gasteiger partial charge in [-0.3, -0.25) is 9.59 Å². The highest BCUT2D eigenvalue weighted by atomic mass is 32.2. The molecule has 29 heavy (non-hydrogen) atoms. The van der Waals surface area contributed by atoms with E-state index in [1.54, 1.807) is 12.1 Å². The molecule has 0 radical (unpaired) electrons. The average Bonchev–Trinajstić information content (AvgIpc) is 2.70. The van der Waals surface area contributed by atoms with E-state index in [-0.39, 0.29) is 23.4 Å². The van der Waals surface area contributed by atoms with Crippen molar-refractivity contribution in [3.8, 4) is 0 Å². The minimum atomic E-state index is -0.385. The molecule has 0 heterocycles. The van der Waals surface area contributed by atoms with Crippen LogP contribution in [0.15, 0.2) is 71.6 Å². The molecule has 0 spiro atoms. The number of nitrogens with one attached hydrogen (secondary N) is 2. The lowest BCUT2D eigenvalue weighted by Gasteiger charge is -2.09. The van der Waals surface area contributed by atoms with Crippen molar-refractivity contribution < 1.29 is 14.0 Å². The Labute approximate surface area is 173 Å². The lowest BCUT2D eigenvalue weighted by atomic mass is 10.1. The standard InChI is InChI=1S/C23H21FN2O2S/c1-15-3-12-21(16(2)13-15)26-22(27)14-29-20-10-8-19(9-11-20)25-23(28)17-4-6-18(24)7-5-17/h3-13H,14H2,1-2H3,(H,25,28)(H,26,27). The first kappa shape index (κ1) is 20.6. The van der Waals surface area contributed by atoms with Gasteiger partial charge in [0.05, 0.1) is 5.75 Å². The maximum atomic E-state index is 12.9. The molecule has 0 aliphatic heterocycles. The van der Waals surface area contributed by atoms with Gasteiger partial charge in [0.1, 0.15) is 5.82 Å². The lowest BCUT2D eigenvalue weighted by Crippen LogP contribution is -2.14. The van der Waals surface area contributed by atoms with Crippen molar-refractivity contribution in [2.75, 3.05) is 16.4 Å². The van der Waals surface area contributed by atoms with Gasteiger partial charge in [-0.15, -0.1) is 11.8 Å². The summed E-state index contributed by atoms with van der Waals surface area (Å²) in [6.45, 7) is 3.98. The molecule has 0 saturated heterocycles. The monoisotopic (exact) mass is 408 g/mol. The molecule has 0 aliphatic rings. The Bertz CT molecular complexity index is 1020. The van der Waals surface area contributed by atoms with E-state index in [1.165, 1.54) is 36.0 Å². The Hall–Kier alpha value is -3.12. The van der Waals surface area contributed by atoms with Crippen molar-refractivity contribution in [3.63, 3.8) is 0 Å². The predicted molar refractivity (Wildman–Crippen MR) is 116 cm³/mol. The molecule has 3 aromatic carbocycles. The zero-order valence-electron chi connectivity index (χ0n) is 16.2. The molecule has 6 heteroatoms. The molecule has 0 bridgehead atoms. The van der Waals surface area contributed by atoms with Crippen LogP contribution in [-0.2, 0) is 4.79 Å². The minimum Gasteiger partial charge on any atom is -0.325 e. The summed E-state index contributed by atoms with van der Waals surface area (Å²) >= 11 is 1.42. The number of hydrogen-bond acceptors (Lipinski definition) is 3. The SMILES string of the molecule is Cc1ccc(NC(=O)CSc2ccc(NC(=O)c3ccc(F)cc3)cc2)c(C)c1. The summed E-state index contributed by atoms with van der Waals surface area (Å²) in [4.78, 5) is 25.3. The number of thioether (sulfide) groups is 1. The van der Waals surface area contributed by atoms with Gasteiger partial charge in [0.2, 0.25) is 5.91 Å². The van der Waals surface area contributed by atoms with Crippen LogP contribution in [0.5, 0.6) is 0 Å². The van der Waals surface area contributed by atoms with E-state index in [4.69, 9.17) is 0 Å². The van der Waals surface area contributed by atoms with E-state index in [9.17, 15) is 14.0 Å². The normalized spacial score (nSPS) is 10.4. The second kappa shape index (κ2) is 9.39. The van der Waals surface area contributed by atoms with Crippen LogP contribution in [0, 0.1) is 19.7 Å². The van der Waals surface area contributed by atoms with Gasteiger partial charge < -0.3 is 10.6 Å². The largest absolute Gasteiger partial charge is 0.325 e. The maximum absolute atomic E-state index is 12.9. The summed E-state index contributed by atoms with van der Waals surface area (Å²) in [5, 5.41) is 5.69. The van der Waals surface area contributed by atoms with Crippen LogP contribution in [0.1, 0.15) is 21.5 Å². The van der Waals surface area contributed by atoms with Crippen molar-refractivity contribution in [2.45, 2.75) is 18.7 Å². The van der Waals surface area contributed by atoms with Crippen molar-refractivity contribution in [3.05, 3.63) is 89.2 Å². The van der Waals surface area contributed by atoms with E-state index in [1.807, 2.05) is 44.2 Å². The second-order valence-electron chi connectivity index (χ2n) is 6.64. The third kappa shape index (κ3) is 5.93. The second-order valence-corrected chi connectivity index (χ2v) is 7.69. The van der Waals surface area contributed by atoms with E-state index in [2.05, 4.69) is 10.6 Å². The first-order chi connectivity index (χ1) is 13.9. The fourth-order valence-electron chi connectivity index (χ4n) is 2.73. The molecule has 148 valence electrons. The molecule has 0 unspecified atom stereocenters. The number of benzene rings is 3. The first-order valence-electron chi connectivity index (χ1n) is 9.07. The van der Waals surface area contributed by atoms with Crippen molar-refractivity contribution >= 4 is 35.0 Å². The topological polar surface area (TPSA) is 58.2 Å². The van der Waals surface area contributed by atoms with Crippen molar-refractivity contribution in [1.82, 2.24) is 0 Å². The van der Waals surface area contributed by atoms with Crippen LogP contribution in [0.4, 0.5) is 15.8 Å². The molecule has 0 aliphatic carbocycles. The van der Waals surface area contributed by atoms with Gasteiger partial charge in [-0.2, -0.15) is 0 Å². The molecule has 2 N–H and O–H groups in total. The van der Waals surface area contributed by atoms with Crippen LogP contribution in [0.2, 0.25) is 0 Å². The molecule has 0 saturated carbocycles. The number of rotatable bonds is 6. The molecule has 4 nitrogen and oxygen atoms in total. The average molecular weight is 408 g/mol. The molecule has 3 aromatic rings. The zero-order valence-corrected chi connectivity index (χ0v) is 17.0. The highest BCUT2D eigenvalue weighted by Crippen LogP contribution is 2.22. The molecule has 0 aromatic heterocycles. The Morgan fingerprint density at radius 3 is 2.24 bits per heavy atom. The predicted octanol–water partition coefficient (Wildman–Crippen LogP) is 5.43. The third-order valence-corrected chi connectivity index (χ3v) is 5.26. The van der Waals surface area contributed by atoms with E-state index >= 15 is 0 Å². The van der Waals surface area contributed by atoms with Gasteiger partial charge in [0, 0.05) is 21.8 Å². The number of hydrogen-bond donors (Lipinski definition) is 2. The fraction of sp³-hybridized carbons (Fsp3) is 0.130. The highest BCUT2D eigenvalue weighted by Gasteiger charge is 2.08. The number of carbonyl (C=O) groups is 2. The Balaban J connectivity index is 1.51.